The Hall–Kier alpha value is -1.02. The molecule has 3 atom stereocenters. The van der Waals surface area contributed by atoms with E-state index < -0.39 is 9.96 Å². The highest BCUT2D eigenvalue weighted by atomic mass is 35.6. The number of alkyl halides is 3. The number of hydrogen-bond acceptors (Lipinski definition) is 3. The Balaban J connectivity index is 1.71. The molecule has 10 heteroatoms. The fourth-order valence-electron chi connectivity index (χ4n) is 3.94. The van der Waals surface area contributed by atoms with Crippen molar-refractivity contribution < 1.29 is 4.79 Å². The molecule has 0 unspecified atom stereocenters. The van der Waals surface area contributed by atoms with Crippen LogP contribution in [0.4, 0.5) is 0 Å². The quantitative estimate of drug-likeness (QED) is 0.407. The Morgan fingerprint density at radius 3 is 2.71 bits per heavy atom. The van der Waals surface area contributed by atoms with Crippen LogP contribution in [0.2, 0.25) is 0 Å². The number of halogens is 3. The molecule has 1 amide bonds. The normalized spacial score (nSPS) is 22.2. The molecular formula is C18H23Cl3N4O2S. The molecule has 6 nitrogen and oxygen atoms in total. The number of nitrogens with one attached hydrogen (secondary N) is 2. The highest BCUT2D eigenvalue weighted by Gasteiger charge is 2.38. The summed E-state index contributed by atoms with van der Waals surface area (Å²) in [6.45, 7) is 3.95. The number of likely N-dealkylation sites (tertiary alicyclic amines) is 1. The molecule has 1 fully saturated rings. The Morgan fingerprint density at radius 1 is 1.29 bits per heavy atom. The number of amides is 1. The average molecular weight is 466 g/mol. The second-order valence-corrected chi connectivity index (χ2v) is 10.1. The summed E-state index contributed by atoms with van der Waals surface area (Å²) in [7, 11) is 0. The molecule has 0 spiro atoms. The van der Waals surface area contributed by atoms with Crippen LogP contribution >= 0.6 is 47.0 Å². The number of carbonyl (C=O) groups is 1. The average Bonchev–Trinajstić information content (AvgIpc) is 2.61. The largest absolute Gasteiger partial charge is 0.348 e. The van der Waals surface area contributed by atoms with Crippen LogP contribution in [0, 0.1) is 5.92 Å². The number of piperidine rings is 1. The van der Waals surface area contributed by atoms with Crippen molar-refractivity contribution in [2.45, 2.75) is 48.6 Å². The first kappa shape index (κ1) is 21.7. The van der Waals surface area contributed by atoms with Gasteiger partial charge < -0.3 is 20.1 Å². The molecule has 2 bridgehead atoms. The molecule has 3 rings (SSSR count). The van der Waals surface area contributed by atoms with Crippen molar-refractivity contribution in [2.24, 2.45) is 5.92 Å². The molecule has 0 aliphatic carbocycles. The van der Waals surface area contributed by atoms with Crippen LogP contribution in [0.5, 0.6) is 0 Å². The van der Waals surface area contributed by atoms with Crippen molar-refractivity contribution in [3.8, 4) is 0 Å². The summed E-state index contributed by atoms with van der Waals surface area (Å²) in [5, 5.41) is 6.12. The summed E-state index contributed by atoms with van der Waals surface area (Å²) in [6.07, 6.45) is 1.12. The van der Waals surface area contributed by atoms with Crippen LogP contribution in [0.25, 0.3) is 0 Å². The van der Waals surface area contributed by atoms with E-state index in [2.05, 4.69) is 10.6 Å². The molecule has 0 aromatic carbocycles. The van der Waals surface area contributed by atoms with E-state index in [0.29, 0.717) is 43.5 Å². The second kappa shape index (κ2) is 8.78. The maximum absolute atomic E-state index is 12.1. The Bertz CT molecular complexity index is 811. The first-order chi connectivity index (χ1) is 13.2. The third kappa shape index (κ3) is 4.93. The fourth-order valence-corrected chi connectivity index (χ4v) is 4.53. The first-order valence-corrected chi connectivity index (χ1v) is 10.8. The van der Waals surface area contributed by atoms with Gasteiger partial charge in [-0.2, -0.15) is 0 Å². The van der Waals surface area contributed by atoms with E-state index in [0.717, 1.165) is 12.1 Å². The van der Waals surface area contributed by atoms with Gasteiger partial charge in [-0.3, -0.25) is 9.59 Å². The number of aromatic nitrogens is 1. The van der Waals surface area contributed by atoms with Gasteiger partial charge in [0.15, 0.2) is 5.11 Å². The van der Waals surface area contributed by atoms with Crippen molar-refractivity contribution in [3.63, 3.8) is 0 Å². The summed E-state index contributed by atoms with van der Waals surface area (Å²) in [5.41, 5.74) is 1.07. The molecule has 3 heterocycles. The van der Waals surface area contributed by atoms with Crippen LogP contribution in [0.1, 0.15) is 37.8 Å². The maximum atomic E-state index is 12.1. The molecule has 0 saturated carbocycles. The van der Waals surface area contributed by atoms with Gasteiger partial charge in [0.25, 0.3) is 5.56 Å². The minimum absolute atomic E-state index is 0.0382. The van der Waals surface area contributed by atoms with Crippen molar-refractivity contribution in [3.05, 3.63) is 34.2 Å². The zero-order chi connectivity index (χ0) is 20.5. The van der Waals surface area contributed by atoms with Crippen molar-refractivity contribution in [2.75, 3.05) is 13.1 Å². The molecule has 154 valence electrons. The topological polar surface area (TPSA) is 66.4 Å². The molecule has 28 heavy (non-hydrogen) atoms. The van der Waals surface area contributed by atoms with E-state index in [1.54, 1.807) is 12.1 Å². The third-order valence-electron chi connectivity index (χ3n) is 5.14. The van der Waals surface area contributed by atoms with Crippen molar-refractivity contribution >= 4 is 58.0 Å². The lowest BCUT2D eigenvalue weighted by molar-refractivity contribution is -0.121. The SMILES string of the molecule is CCCC(=O)N[C@@H](NC(=S)N1C[C@@H]2C[C@@H](C1)c1cccc(=O)n1C2)C(Cl)(Cl)Cl. The van der Waals surface area contributed by atoms with Gasteiger partial charge in [-0.05, 0) is 37.0 Å². The second-order valence-electron chi connectivity index (χ2n) is 7.34. The van der Waals surface area contributed by atoms with Crippen LogP contribution in [-0.2, 0) is 11.3 Å². The smallest absolute Gasteiger partial charge is 0.250 e. The summed E-state index contributed by atoms with van der Waals surface area (Å²) in [6, 6.07) is 5.39. The Morgan fingerprint density at radius 2 is 2.04 bits per heavy atom. The summed E-state index contributed by atoms with van der Waals surface area (Å²) >= 11 is 23.7. The predicted octanol–water partition coefficient (Wildman–Crippen LogP) is 2.75. The molecular weight excluding hydrogens is 443 g/mol. The lowest BCUT2D eigenvalue weighted by Gasteiger charge is -2.44. The number of pyridine rings is 1. The van der Waals surface area contributed by atoms with Gasteiger partial charge in [0.05, 0.1) is 0 Å². The lowest BCUT2D eigenvalue weighted by Crippen LogP contribution is -2.60. The molecule has 1 aromatic rings. The highest BCUT2D eigenvalue weighted by Crippen LogP contribution is 2.35. The predicted molar refractivity (Wildman–Crippen MR) is 116 cm³/mol. The van der Waals surface area contributed by atoms with E-state index in [-0.39, 0.29) is 17.4 Å². The van der Waals surface area contributed by atoms with Gasteiger partial charge in [-0.1, -0.05) is 47.8 Å². The van der Waals surface area contributed by atoms with E-state index >= 15 is 0 Å². The molecule has 1 saturated heterocycles. The van der Waals surface area contributed by atoms with E-state index in [1.807, 2.05) is 22.5 Å². The number of nitrogens with zero attached hydrogens (tertiary/aromatic N) is 2. The third-order valence-corrected chi connectivity index (χ3v) is 6.18. The monoisotopic (exact) mass is 464 g/mol. The molecule has 2 aliphatic rings. The number of rotatable bonds is 4. The first-order valence-electron chi connectivity index (χ1n) is 9.30. The minimum Gasteiger partial charge on any atom is -0.348 e. The van der Waals surface area contributed by atoms with Crippen LogP contribution in [-0.4, -0.2) is 43.5 Å². The Kier molecular flexibility index (Phi) is 6.80. The maximum Gasteiger partial charge on any atom is 0.250 e. The standard InChI is InChI=1S/C18H23Cl3N4O2S/c1-2-4-14(26)22-16(18(19,20)21)23-17(28)24-8-11-7-12(10-24)13-5-3-6-15(27)25(13)9-11/h3,5-6,11-12,16H,2,4,7-10H2,1H3,(H,22,26)(H,23,28)/t11-,12-,16-/m0/s1. The van der Waals surface area contributed by atoms with Crippen molar-refractivity contribution in [1.82, 2.24) is 20.1 Å². The van der Waals surface area contributed by atoms with Crippen molar-refractivity contribution in [1.29, 1.82) is 0 Å². The zero-order valence-corrected chi connectivity index (χ0v) is 18.5. The summed E-state index contributed by atoms with van der Waals surface area (Å²) in [4.78, 5) is 26.2. The van der Waals surface area contributed by atoms with E-state index in [4.69, 9.17) is 47.0 Å². The van der Waals surface area contributed by atoms with Crippen LogP contribution < -0.4 is 16.2 Å². The molecule has 0 radical (unpaired) electrons. The number of fused-ring (bicyclic) bond motifs is 4. The number of hydrogen-bond donors (Lipinski definition) is 2. The van der Waals surface area contributed by atoms with Gasteiger partial charge in [0.1, 0.15) is 6.17 Å². The fraction of sp³-hybridized carbons (Fsp3) is 0.611. The summed E-state index contributed by atoms with van der Waals surface area (Å²) in [5.74, 6) is 0.312. The zero-order valence-electron chi connectivity index (χ0n) is 15.5. The van der Waals surface area contributed by atoms with Crippen LogP contribution in [0.15, 0.2) is 23.0 Å². The molecule has 2 aliphatic heterocycles. The number of thiocarbonyl (C=S) groups is 1. The van der Waals surface area contributed by atoms with Gasteiger partial charge in [0.2, 0.25) is 9.70 Å². The van der Waals surface area contributed by atoms with E-state index in [1.165, 1.54) is 0 Å². The van der Waals surface area contributed by atoms with E-state index in [9.17, 15) is 9.59 Å². The minimum atomic E-state index is -1.75. The molecule has 2 N–H and O–H groups in total. The van der Waals surface area contributed by atoms with Gasteiger partial charge in [-0.25, -0.2) is 0 Å². The van der Waals surface area contributed by atoms with Gasteiger partial charge in [0, 0.05) is 43.7 Å². The number of carbonyl (C=O) groups excluding carboxylic acids is 1. The van der Waals surface area contributed by atoms with Crippen LogP contribution in [0.3, 0.4) is 0 Å². The molecule has 1 aromatic heterocycles. The highest BCUT2D eigenvalue weighted by molar-refractivity contribution is 7.80. The Labute approximate surface area is 184 Å². The van der Waals surface area contributed by atoms with Gasteiger partial charge >= 0.3 is 0 Å². The summed E-state index contributed by atoms with van der Waals surface area (Å²) < 4.78 is 0.112. The lowest BCUT2D eigenvalue weighted by atomic mass is 9.83. The van der Waals surface area contributed by atoms with Gasteiger partial charge in [-0.15, -0.1) is 0 Å².